The first-order valence-electron chi connectivity index (χ1n) is 13.5. The third-order valence-electron chi connectivity index (χ3n) is 7.96. The molecule has 1 amide bonds. The van der Waals surface area contributed by atoms with Crippen molar-refractivity contribution >= 4 is 5.91 Å². The molecule has 6 rings (SSSR count). The summed E-state index contributed by atoms with van der Waals surface area (Å²) in [6.07, 6.45) is 1.29. The largest absolute Gasteiger partial charge is 0.508 e. The van der Waals surface area contributed by atoms with E-state index in [2.05, 4.69) is 5.32 Å². The number of hydrogen-bond acceptors (Lipinski definition) is 7. The summed E-state index contributed by atoms with van der Waals surface area (Å²) in [4.78, 5) is 14.0. The molecule has 0 saturated carbocycles. The van der Waals surface area contributed by atoms with Crippen molar-refractivity contribution in [3.63, 3.8) is 0 Å². The maximum Gasteiger partial charge on any atom is 0.231 e. The van der Waals surface area contributed by atoms with Crippen molar-refractivity contribution in [1.82, 2.24) is 5.32 Å². The van der Waals surface area contributed by atoms with Crippen LogP contribution >= 0.6 is 0 Å². The zero-order chi connectivity index (χ0) is 28.7. The minimum Gasteiger partial charge on any atom is -0.508 e. The molecule has 0 spiro atoms. The van der Waals surface area contributed by atoms with E-state index in [4.69, 9.17) is 14.2 Å². The number of amides is 1. The molecule has 1 aliphatic heterocycles. The topological polar surface area (TPSA) is 117 Å². The molecule has 0 bridgehead atoms. The van der Waals surface area contributed by atoms with E-state index in [1.807, 2.05) is 24.3 Å². The maximum absolute atomic E-state index is 14.0. The van der Waals surface area contributed by atoms with Crippen LogP contribution in [0.5, 0.6) is 34.5 Å². The van der Waals surface area contributed by atoms with Crippen molar-refractivity contribution in [3.05, 3.63) is 94.5 Å². The second-order valence-electron chi connectivity index (χ2n) is 10.3. The fourth-order valence-electron chi connectivity index (χ4n) is 6.01. The van der Waals surface area contributed by atoms with Crippen LogP contribution in [0, 0.1) is 0 Å². The SMILES string of the molecule is COc1cc([C@H]2Oc3cc(OC)c4c(c3[C@@H]2C(=O)NCCc2ccc(O)cc2)CCc2cc(O)ccc2-4)ccc1O. The third-order valence-corrected chi connectivity index (χ3v) is 7.96. The van der Waals surface area contributed by atoms with Gasteiger partial charge < -0.3 is 34.8 Å². The summed E-state index contributed by atoms with van der Waals surface area (Å²) in [6, 6.07) is 19.1. The van der Waals surface area contributed by atoms with Crippen LogP contribution in [0.1, 0.15) is 39.8 Å². The molecule has 8 heteroatoms. The molecule has 4 aromatic rings. The van der Waals surface area contributed by atoms with Crippen LogP contribution in [-0.4, -0.2) is 42.0 Å². The number of phenolic OH excluding ortho intramolecular Hbond substituents is 3. The molecule has 4 N–H and O–H groups in total. The lowest BCUT2D eigenvalue weighted by Gasteiger charge is -2.26. The van der Waals surface area contributed by atoms with E-state index in [-0.39, 0.29) is 23.2 Å². The molecule has 0 unspecified atom stereocenters. The van der Waals surface area contributed by atoms with Crippen molar-refractivity contribution in [1.29, 1.82) is 0 Å². The smallest absolute Gasteiger partial charge is 0.231 e. The summed E-state index contributed by atoms with van der Waals surface area (Å²) in [5.41, 5.74) is 6.38. The quantitative estimate of drug-likeness (QED) is 0.250. The van der Waals surface area contributed by atoms with Crippen LogP contribution in [0.15, 0.2) is 66.7 Å². The highest BCUT2D eigenvalue weighted by Crippen LogP contribution is 2.55. The number of carbonyl (C=O) groups is 1. The molecule has 0 saturated heterocycles. The van der Waals surface area contributed by atoms with Gasteiger partial charge in [-0.15, -0.1) is 0 Å². The van der Waals surface area contributed by atoms with Crippen molar-refractivity contribution in [3.8, 4) is 45.6 Å². The Balaban J connectivity index is 1.42. The van der Waals surface area contributed by atoms with Gasteiger partial charge in [0.05, 0.1) is 14.2 Å². The number of fused-ring (bicyclic) bond motifs is 5. The second kappa shape index (κ2) is 10.6. The highest BCUT2D eigenvalue weighted by molar-refractivity contribution is 5.90. The van der Waals surface area contributed by atoms with Gasteiger partial charge in [0.25, 0.3) is 0 Å². The first-order chi connectivity index (χ1) is 19.9. The van der Waals surface area contributed by atoms with Gasteiger partial charge in [0.2, 0.25) is 5.91 Å². The van der Waals surface area contributed by atoms with Gasteiger partial charge in [-0.2, -0.15) is 0 Å². The molecule has 2 aliphatic rings. The van der Waals surface area contributed by atoms with Gasteiger partial charge in [-0.3, -0.25) is 4.79 Å². The van der Waals surface area contributed by atoms with Crippen LogP contribution < -0.4 is 19.5 Å². The maximum atomic E-state index is 14.0. The summed E-state index contributed by atoms with van der Waals surface area (Å²) in [5.74, 6) is 1.08. The van der Waals surface area contributed by atoms with Crippen LogP contribution in [-0.2, 0) is 24.1 Å². The number of carbonyl (C=O) groups excluding carboxylic acids is 1. The number of hydrogen-bond donors (Lipinski definition) is 4. The van der Waals surface area contributed by atoms with Crippen LogP contribution in [0.4, 0.5) is 0 Å². The fraction of sp³-hybridized carbons (Fsp3) is 0.242. The number of aromatic hydroxyl groups is 3. The minimum atomic E-state index is -0.669. The number of methoxy groups -OCH3 is 2. The lowest BCUT2D eigenvalue weighted by Crippen LogP contribution is -2.33. The number of benzene rings is 4. The van der Waals surface area contributed by atoms with E-state index < -0.39 is 12.0 Å². The molecule has 0 radical (unpaired) electrons. The van der Waals surface area contributed by atoms with Crippen LogP contribution in [0.3, 0.4) is 0 Å². The molecule has 0 aromatic heterocycles. The highest BCUT2D eigenvalue weighted by atomic mass is 16.5. The molecular formula is C33H31NO7. The molecule has 0 fully saturated rings. The van der Waals surface area contributed by atoms with Crippen molar-refractivity contribution in [2.75, 3.05) is 20.8 Å². The van der Waals surface area contributed by atoms with Gasteiger partial charge in [0.1, 0.15) is 35.0 Å². The van der Waals surface area contributed by atoms with E-state index in [0.29, 0.717) is 48.6 Å². The van der Waals surface area contributed by atoms with Gasteiger partial charge >= 0.3 is 0 Å². The van der Waals surface area contributed by atoms with Crippen LogP contribution in [0.25, 0.3) is 11.1 Å². The molecule has 2 atom stereocenters. The molecular weight excluding hydrogens is 522 g/mol. The van der Waals surface area contributed by atoms with Crippen molar-refractivity contribution in [2.24, 2.45) is 0 Å². The molecule has 210 valence electrons. The number of aryl methyl sites for hydroxylation is 1. The Morgan fingerprint density at radius 3 is 2.41 bits per heavy atom. The van der Waals surface area contributed by atoms with Gasteiger partial charge in [0.15, 0.2) is 11.5 Å². The van der Waals surface area contributed by atoms with E-state index in [0.717, 1.165) is 33.4 Å². The Hall–Kier alpha value is -4.85. The number of nitrogens with one attached hydrogen (secondary N) is 1. The molecule has 4 aromatic carbocycles. The lowest BCUT2D eigenvalue weighted by molar-refractivity contribution is -0.124. The Kier molecular flexibility index (Phi) is 6.83. The Morgan fingerprint density at radius 1 is 0.902 bits per heavy atom. The van der Waals surface area contributed by atoms with Gasteiger partial charge in [-0.1, -0.05) is 24.3 Å². The number of rotatable bonds is 7. The number of ether oxygens (including phenoxy) is 3. The Bertz CT molecular complexity index is 1630. The van der Waals surface area contributed by atoms with Crippen molar-refractivity contribution in [2.45, 2.75) is 31.3 Å². The van der Waals surface area contributed by atoms with E-state index in [1.165, 1.54) is 7.11 Å². The zero-order valence-electron chi connectivity index (χ0n) is 22.8. The molecule has 1 heterocycles. The molecule has 1 aliphatic carbocycles. The summed E-state index contributed by atoms with van der Waals surface area (Å²) in [6.45, 7) is 0.404. The predicted octanol–water partition coefficient (Wildman–Crippen LogP) is 5.16. The lowest BCUT2D eigenvalue weighted by atomic mass is 9.78. The van der Waals surface area contributed by atoms with E-state index >= 15 is 0 Å². The highest BCUT2D eigenvalue weighted by Gasteiger charge is 2.44. The predicted molar refractivity (Wildman–Crippen MR) is 153 cm³/mol. The minimum absolute atomic E-state index is 0.000527. The summed E-state index contributed by atoms with van der Waals surface area (Å²) in [7, 11) is 3.09. The number of phenols is 3. The summed E-state index contributed by atoms with van der Waals surface area (Å²) in [5, 5.41) is 33.0. The second-order valence-corrected chi connectivity index (χ2v) is 10.3. The Morgan fingerprint density at radius 2 is 1.66 bits per heavy atom. The summed E-state index contributed by atoms with van der Waals surface area (Å²) >= 11 is 0. The summed E-state index contributed by atoms with van der Waals surface area (Å²) < 4.78 is 17.7. The molecule has 8 nitrogen and oxygen atoms in total. The zero-order valence-corrected chi connectivity index (χ0v) is 22.8. The first-order valence-corrected chi connectivity index (χ1v) is 13.5. The standard InChI is InChI=1S/C33H31NO7/c1-39-26-16-20(6-12-25(26)37)32-31(33(38)34-14-13-18-3-7-21(35)8-4-18)30-24-10-5-19-15-22(36)9-11-23(19)29(24)27(40-2)17-28(30)41-32/h3-4,6-9,11-12,15-17,31-32,35-37H,5,10,13-14H2,1-2H3,(H,34,38)/t31-,32+/m0/s1. The van der Waals surface area contributed by atoms with Gasteiger partial charge in [-0.05, 0) is 83.5 Å². The van der Waals surface area contributed by atoms with Gasteiger partial charge in [-0.25, -0.2) is 0 Å². The van der Waals surface area contributed by atoms with Crippen LogP contribution in [0.2, 0.25) is 0 Å². The normalized spacial score (nSPS) is 16.6. The fourth-order valence-corrected chi connectivity index (χ4v) is 6.01. The first kappa shape index (κ1) is 26.4. The monoisotopic (exact) mass is 553 g/mol. The average Bonchev–Trinajstić information content (AvgIpc) is 3.37. The van der Waals surface area contributed by atoms with E-state index in [9.17, 15) is 20.1 Å². The average molecular weight is 554 g/mol. The van der Waals surface area contributed by atoms with Crippen molar-refractivity contribution < 1.29 is 34.3 Å². The molecule has 41 heavy (non-hydrogen) atoms. The van der Waals surface area contributed by atoms with Gasteiger partial charge in [0, 0.05) is 23.7 Å². The third kappa shape index (κ3) is 4.75. The Labute approximate surface area is 237 Å². The van der Waals surface area contributed by atoms with E-state index in [1.54, 1.807) is 49.6 Å².